The summed E-state index contributed by atoms with van der Waals surface area (Å²) in [7, 11) is 0. The highest BCUT2D eigenvalue weighted by Gasteiger charge is 2.35. The van der Waals surface area contributed by atoms with Gasteiger partial charge in [-0.3, -0.25) is 4.79 Å². The molecule has 0 aliphatic heterocycles. The van der Waals surface area contributed by atoms with Crippen molar-refractivity contribution < 1.29 is 27.6 Å². The summed E-state index contributed by atoms with van der Waals surface area (Å²) in [5, 5.41) is 12.2. The molecule has 0 saturated heterocycles. The second-order valence-electron chi connectivity index (χ2n) is 3.81. The monoisotopic (exact) mass is 259 g/mol. The number of carboxylic acids is 1. The van der Waals surface area contributed by atoms with Crippen molar-refractivity contribution >= 4 is 16.9 Å². The van der Waals surface area contributed by atoms with Crippen LogP contribution in [0.3, 0.4) is 0 Å². The third kappa shape index (κ3) is 1.92. The summed E-state index contributed by atoms with van der Waals surface area (Å²) in [6, 6.07) is 3.43. The molecule has 0 bridgehead atoms. The molecule has 0 saturated carbocycles. The van der Waals surface area contributed by atoms with Gasteiger partial charge >= 0.3 is 12.1 Å². The molecular formula is C11H8F3NO3. The van der Waals surface area contributed by atoms with Gasteiger partial charge in [0, 0.05) is 5.39 Å². The fraction of sp³-hybridized carbons (Fsp3) is 0.273. The molecular weight excluding hydrogens is 251 g/mol. The Morgan fingerprint density at radius 3 is 2.67 bits per heavy atom. The fourth-order valence-electron chi connectivity index (χ4n) is 1.64. The summed E-state index contributed by atoms with van der Waals surface area (Å²) >= 11 is 0. The average Bonchev–Trinajstić information content (AvgIpc) is 2.69. The van der Waals surface area contributed by atoms with Gasteiger partial charge < -0.3 is 9.63 Å². The minimum absolute atomic E-state index is 0.0692. The number of nitrogens with zero attached hydrogens (tertiary/aromatic N) is 1. The van der Waals surface area contributed by atoms with E-state index < -0.39 is 23.6 Å². The Morgan fingerprint density at radius 2 is 2.11 bits per heavy atom. The second kappa shape index (κ2) is 4.01. The van der Waals surface area contributed by atoms with Crippen molar-refractivity contribution in [2.24, 2.45) is 0 Å². The first-order valence-corrected chi connectivity index (χ1v) is 5.00. The van der Waals surface area contributed by atoms with Crippen molar-refractivity contribution in [1.82, 2.24) is 5.16 Å². The van der Waals surface area contributed by atoms with Crippen molar-refractivity contribution in [2.75, 3.05) is 0 Å². The molecule has 7 heteroatoms. The minimum Gasteiger partial charge on any atom is -0.481 e. The highest BCUT2D eigenvalue weighted by atomic mass is 19.4. The van der Waals surface area contributed by atoms with Crippen molar-refractivity contribution in [3.05, 3.63) is 29.5 Å². The molecule has 4 nitrogen and oxygen atoms in total. The molecule has 0 aliphatic rings. The van der Waals surface area contributed by atoms with E-state index in [-0.39, 0.29) is 16.7 Å². The normalized spacial score (nSPS) is 13.8. The SMILES string of the molecule is CC(C(=O)O)c1onc2c(C(F)(F)F)cccc12. The van der Waals surface area contributed by atoms with Gasteiger partial charge in [0.15, 0.2) is 5.76 Å². The summed E-state index contributed by atoms with van der Waals surface area (Å²) in [4.78, 5) is 10.8. The lowest BCUT2D eigenvalue weighted by Crippen LogP contribution is -2.07. The quantitative estimate of drug-likeness (QED) is 0.900. The first kappa shape index (κ1) is 12.4. The molecule has 1 aromatic heterocycles. The topological polar surface area (TPSA) is 63.3 Å². The first-order valence-electron chi connectivity index (χ1n) is 5.00. The van der Waals surface area contributed by atoms with Crippen molar-refractivity contribution in [1.29, 1.82) is 0 Å². The van der Waals surface area contributed by atoms with Crippen molar-refractivity contribution in [2.45, 2.75) is 19.0 Å². The van der Waals surface area contributed by atoms with Crippen LogP contribution in [0.4, 0.5) is 13.2 Å². The van der Waals surface area contributed by atoms with Crippen LogP contribution in [-0.2, 0) is 11.0 Å². The zero-order valence-corrected chi connectivity index (χ0v) is 9.15. The van der Waals surface area contributed by atoms with Crippen LogP contribution in [0.15, 0.2) is 22.7 Å². The number of hydrogen-bond donors (Lipinski definition) is 1. The van der Waals surface area contributed by atoms with Crippen LogP contribution in [0, 0.1) is 0 Å². The number of fused-ring (bicyclic) bond motifs is 1. The van der Waals surface area contributed by atoms with E-state index in [9.17, 15) is 18.0 Å². The summed E-state index contributed by atoms with van der Waals surface area (Å²) < 4.78 is 42.8. The fourth-order valence-corrected chi connectivity index (χ4v) is 1.64. The molecule has 0 fully saturated rings. The Balaban J connectivity index is 2.66. The summed E-state index contributed by atoms with van der Waals surface area (Å²) in [5.41, 5.74) is -1.30. The number of carbonyl (C=O) groups is 1. The molecule has 2 rings (SSSR count). The summed E-state index contributed by atoms with van der Waals surface area (Å²) in [5.74, 6) is -2.33. The zero-order valence-electron chi connectivity index (χ0n) is 9.15. The largest absolute Gasteiger partial charge is 0.481 e. The van der Waals surface area contributed by atoms with E-state index in [2.05, 4.69) is 5.16 Å². The smallest absolute Gasteiger partial charge is 0.418 e. The molecule has 0 spiro atoms. The summed E-state index contributed by atoms with van der Waals surface area (Å²) in [6.45, 7) is 1.32. The van der Waals surface area contributed by atoms with E-state index in [1.165, 1.54) is 19.1 Å². The van der Waals surface area contributed by atoms with Crippen LogP contribution in [0.5, 0.6) is 0 Å². The Labute approximate surface area is 99.0 Å². The summed E-state index contributed by atoms with van der Waals surface area (Å²) in [6.07, 6.45) is -4.56. The molecule has 1 heterocycles. The van der Waals surface area contributed by atoms with Gasteiger partial charge in [0.05, 0.1) is 5.56 Å². The highest BCUT2D eigenvalue weighted by Crippen LogP contribution is 2.36. The number of aliphatic carboxylic acids is 1. The van der Waals surface area contributed by atoms with Gasteiger partial charge in [0.1, 0.15) is 11.4 Å². The van der Waals surface area contributed by atoms with Crippen molar-refractivity contribution in [3.8, 4) is 0 Å². The minimum atomic E-state index is -4.56. The Kier molecular flexibility index (Phi) is 2.76. The van der Waals surface area contributed by atoms with Gasteiger partial charge in [-0.25, -0.2) is 0 Å². The van der Waals surface area contributed by atoms with E-state index in [4.69, 9.17) is 9.63 Å². The van der Waals surface area contributed by atoms with Crippen LogP contribution < -0.4 is 0 Å². The van der Waals surface area contributed by atoms with E-state index in [0.717, 1.165) is 6.07 Å². The molecule has 0 aliphatic carbocycles. The molecule has 0 amide bonds. The van der Waals surface area contributed by atoms with Gasteiger partial charge in [0.25, 0.3) is 0 Å². The average molecular weight is 259 g/mol. The zero-order chi connectivity index (χ0) is 13.5. The maximum Gasteiger partial charge on any atom is 0.418 e. The Hall–Kier alpha value is -2.05. The lowest BCUT2D eigenvalue weighted by atomic mass is 10.0. The highest BCUT2D eigenvalue weighted by molar-refractivity contribution is 5.88. The Bertz CT molecular complexity index is 603. The molecule has 1 aromatic carbocycles. The molecule has 96 valence electrons. The predicted octanol–water partition coefficient (Wildman–Crippen LogP) is 3.03. The number of carboxylic acid groups (broad SMARTS) is 1. The third-order valence-corrected chi connectivity index (χ3v) is 2.61. The number of aromatic nitrogens is 1. The van der Waals surface area contributed by atoms with Crippen LogP contribution in [0.1, 0.15) is 24.2 Å². The van der Waals surface area contributed by atoms with E-state index in [0.29, 0.717) is 0 Å². The van der Waals surface area contributed by atoms with Gasteiger partial charge in [-0.05, 0) is 19.1 Å². The molecule has 18 heavy (non-hydrogen) atoms. The molecule has 0 radical (unpaired) electrons. The predicted molar refractivity (Wildman–Crippen MR) is 55.1 cm³/mol. The molecule has 2 aromatic rings. The van der Waals surface area contributed by atoms with Crippen LogP contribution in [0.25, 0.3) is 10.9 Å². The van der Waals surface area contributed by atoms with E-state index in [1.807, 2.05) is 0 Å². The Morgan fingerprint density at radius 1 is 1.44 bits per heavy atom. The number of hydrogen-bond acceptors (Lipinski definition) is 3. The van der Waals surface area contributed by atoms with Gasteiger partial charge in [-0.1, -0.05) is 11.2 Å². The second-order valence-corrected chi connectivity index (χ2v) is 3.81. The van der Waals surface area contributed by atoms with Gasteiger partial charge in [-0.2, -0.15) is 13.2 Å². The standard InChI is InChI=1S/C11H8F3NO3/c1-5(10(16)17)9-6-3-2-4-7(11(12,13)14)8(6)15-18-9/h2-5H,1H3,(H,16,17). The van der Waals surface area contributed by atoms with E-state index >= 15 is 0 Å². The molecule has 1 unspecified atom stereocenters. The van der Waals surface area contributed by atoms with Gasteiger partial charge in [0.2, 0.25) is 0 Å². The van der Waals surface area contributed by atoms with Crippen LogP contribution in [0.2, 0.25) is 0 Å². The molecule has 1 N–H and O–H groups in total. The maximum absolute atomic E-state index is 12.7. The lowest BCUT2D eigenvalue weighted by molar-refractivity contribution is -0.139. The number of alkyl halides is 3. The molecule has 1 atom stereocenters. The number of benzene rings is 1. The van der Waals surface area contributed by atoms with Crippen molar-refractivity contribution in [3.63, 3.8) is 0 Å². The van der Waals surface area contributed by atoms with Crippen LogP contribution in [-0.4, -0.2) is 16.2 Å². The van der Waals surface area contributed by atoms with E-state index in [1.54, 1.807) is 0 Å². The first-order chi connectivity index (χ1) is 8.32. The lowest BCUT2D eigenvalue weighted by Gasteiger charge is -2.06. The van der Waals surface area contributed by atoms with Gasteiger partial charge in [-0.15, -0.1) is 0 Å². The number of halogens is 3. The van der Waals surface area contributed by atoms with Crippen LogP contribution >= 0.6 is 0 Å². The maximum atomic E-state index is 12.7. The number of rotatable bonds is 2. The third-order valence-electron chi connectivity index (χ3n) is 2.61.